The molecular weight excluding hydrogens is 330 g/mol. The van der Waals surface area contributed by atoms with Crippen LogP contribution in [0.4, 0.5) is 0 Å². The van der Waals surface area contributed by atoms with Crippen LogP contribution in [0.1, 0.15) is 27.7 Å². The molecule has 0 spiro atoms. The van der Waals surface area contributed by atoms with Gasteiger partial charge in [0.2, 0.25) is 0 Å². The van der Waals surface area contributed by atoms with Gasteiger partial charge in [-0.15, -0.1) is 0 Å². The first-order chi connectivity index (χ1) is 6.93. The van der Waals surface area contributed by atoms with Crippen LogP contribution >= 0.6 is 0 Å². The van der Waals surface area contributed by atoms with Gasteiger partial charge in [-0.2, -0.15) is 0 Å². The molecule has 0 aromatic heterocycles. The van der Waals surface area contributed by atoms with Gasteiger partial charge in [0.15, 0.2) is 0 Å². The fourth-order valence-electron chi connectivity index (χ4n) is 0. The van der Waals surface area contributed by atoms with Crippen molar-refractivity contribution in [2.75, 3.05) is 0 Å². The van der Waals surface area contributed by atoms with Crippen LogP contribution in [-0.2, 0) is 19.2 Å². The van der Waals surface area contributed by atoms with E-state index in [-0.39, 0.29) is 124 Å². The van der Waals surface area contributed by atoms with Crippen molar-refractivity contribution in [1.29, 1.82) is 0 Å². The second-order valence-electron chi connectivity index (χ2n) is 1.97. The molecule has 21 heavy (non-hydrogen) atoms. The Kier molecular flexibility index (Phi) is 134. The van der Waals surface area contributed by atoms with Gasteiger partial charge in [-0.3, -0.25) is 0 Å². The Morgan fingerprint density at radius 1 is 0.476 bits per heavy atom. The minimum absolute atomic E-state index is 0. The summed E-state index contributed by atoms with van der Waals surface area (Å²) in [5, 5.41) is 35.6. The van der Waals surface area contributed by atoms with Crippen LogP contribution in [0.3, 0.4) is 0 Å². The Balaban J connectivity index is -0.0000000121. The van der Waals surface area contributed by atoms with E-state index in [0.29, 0.717) is 0 Å². The maximum atomic E-state index is 8.89. The van der Waals surface area contributed by atoms with E-state index >= 15 is 0 Å². The summed E-state index contributed by atoms with van der Waals surface area (Å²) in [6.07, 6.45) is 0. The Labute approximate surface area is 212 Å². The summed E-state index contributed by atoms with van der Waals surface area (Å²) in [5.74, 6) is -4.33. The van der Waals surface area contributed by atoms with Crippen LogP contribution in [-0.4, -0.2) is 23.9 Å². The molecule has 0 unspecified atom stereocenters. The van der Waals surface area contributed by atoms with Crippen molar-refractivity contribution in [2.24, 2.45) is 0 Å². The fraction of sp³-hybridized carbons (Fsp3) is 0.500. The van der Waals surface area contributed by atoms with Crippen molar-refractivity contribution < 1.29 is 158 Å². The van der Waals surface area contributed by atoms with Gasteiger partial charge < -0.3 is 45.8 Å². The van der Waals surface area contributed by atoms with Crippen LogP contribution in [0.15, 0.2) is 0 Å². The molecule has 0 aliphatic heterocycles. The third kappa shape index (κ3) is 2540. The SMILES string of the molecule is CC(=O)[O-].CC(=O)[O-].CC(=O)[O-].CC(=O)[O-].N.[Na+].[Na+].[Na+].[Na+]. The number of carboxylic acid groups (broad SMARTS) is 4. The Morgan fingerprint density at radius 3 is 0.476 bits per heavy atom. The predicted octanol–water partition coefficient (Wildman–Crippen LogP) is -16.8. The van der Waals surface area contributed by atoms with Gasteiger partial charge in [0.25, 0.3) is 0 Å². The molecule has 0 aliphatic carbocycles. The van der Waals surface area contributed by atoms with Gasteiger partial charge in [-0.05, 0) is 27.7 Å². The molecule has 0 heterocycles. The molecule has 104 valence electrons. The first-order valence-electron chi connectivity index (χ1n) is 3.63. The predicted molar refractivity (Wildman–Crippen MR) is 47.7 cm³/mol. The molecule has 0 aromatic rings. The van der Waals surface area contributed by atoms with E-state index in [2.05, 4.69) is 0 Å². The second-order valence-corrected chi connectivity index (χ2v) is 1.97. The summed E-state index contributed by atoms with van der Waals surface area (Å²) in [7, 11) is 0. The van der Waals surface area contributed by atoms with Crippen LogP contribution in [0.25, 0.3) is 0 Å². The molecule has 0 radical (unpaired) electrons. The van der Waals surface area contributed by atoms with Gasteiger partial charge >= 0.3 is 118 Å². The molecule has 0 saturated heterocycles. The van der Waals surface area contributed by atoms with Crippen molar-refractivity contribution in [3.63, 3.8) is 0 Å². The Bertz CT molecular complexity index is 176. The van der Waals surface area contributed by atoms with Crippen LogP contribution < -0.4 is 145 Å². The first-order valence-corrected chi connectivity index (χ1v) is 3.63. The van der Waals surface area contributed by atoms with Gasteiger partial charge in [0, 0.05) is 23.9 Å². The fourth-order valence-corrected chi connectivity index (χ4v) is 0. The summed E-state index contributed by atoms with van der Waals surface area (Å²) >= 11 is 0. The molecule has 0 bridgehead atoms. The molecule has 0 rings (SSSR count). The zero-order valence-electron chi connectivity index (χ0n) is 14.0. The van der Waals surface area contributed by atoms with Crippen molar-refractivity contribution >= 4 is 23.9 Å². The van der Waals surface area contributed by atoms with E-state index in [0.717, 1.165) is 27.7 Å². The summed E-state index contributed by atoms with van der Waals surface area (Å²) in [6, 6.07) is 0. The van der Waals surface area contributed by atoms with Crippen molar-refractivity contribution in [3.8, 4) is 0 Å². The molecule has 9 nitrogen and oxygen atoms in total. The maximum Gasteiger partial charge on any atom is 1.00 e. The normalized spacial score (nSPS) is 4.76. The van der Waals surface area contributed by atoms with Crippen LogP contribution in [0.5, 0.6) is 0 Å². The first kappa shape index (κ1) is 56.9. The molecule has 0 fully saturated rings. The van der Waals surface area contributed by atoms with E-state index in [9.17, 15) is 0 Å². The second kappa shape index (κ2) is 49.5. The number of rotatable bonds is 0. The van der Waals surface area contributed by atoms with Crippen molar-refractivity contribution in [3.05, 3.63) is 0 Å². The van der Waals surface area contributed by atoms with E-state index in [1.54, 1.807) is 0 Å². The quantitative estimate of drug-likeness (QED) is 0.414. The van der Waals surface area contributed by atoms with Crippen LogP contribution in [0, 0.1) is 0 Å². The van der Waals surface area contributed by atoms with Gasteiger partial charge in [0.1, 0.15) is 0 Å². The van der Waals surface area contributed by atoms with Crippen molar-refractivity contribution in [2.45, 2.75) is 27.7 Å². The topological polar surface area (TPSA) is 196 Å². The minimum Gasteiger partial charge on any atom is -0.550 e. The zero-order chi connectivity index (χ0) is 14.3. The van der Waals surface area contributed by atoms with E-state index < -0.39 is 23.9 Å². The van der Waals surface area contributed by atoms with Gasteiger partial charge in [-0.25, -0.2) is 0 Å². The maximum absolute atomic E-state index is 8.89. The molecule has 13 heteroatoms. The Hall–Kier alpha value is 1.84. The smallest absolute Gasteiger partial charge is 0.550 e. The average molecular weight is 345 g/mol. The monoisotopic (exact) mass is 345 g/mol. The molecule has 0 amide bonds. The Morgan fingerprint density at radius 2 is 0.476 bits per heavy atom. The molecule has 0 saturated carbocycles. The number of carbonyl (C=O) groups is 4. The minimum atomic E-state index is -1.08. The van der Waals surface area contributed by atoms with E-state index in [1.807, 2.05) is 0 Å². The summed E-state index contributed by atoms with van der Waals surface area (Å²) in [4.78, 5) is 35.6. The van der Waals surface area contributed by atoms with Crippen molar-refractivity contribution in [1.82, 2.24) is 6.15 Å². The summed E-state index contributed by atoms with van der Waals surface area (Å²) in [5.41, 5.74) is 0. The largest absolute Gasteiger partial charge is 1.00 e. The molecule has 0 atom stereocenters. The number of hydrogen-bond donors (Lipinski definition) is 1. The molecule has 0 aromatic carbocycles. The standard InChI is InChI=1S/4C2H4O2.H3N.4Na/c4*1-2(3)4;;;;;/h4*1H3,(H,3,4);1H3;;;;/q;;;;;4*+1/p-4. The number of carbonyl (C=O) groups excluding carboxylic acids is 4. The van der Waals surface area contributed by atoms with E-state index in [4.69, 9.17) is 39.6 Å². The zero-order valence-corrected chi connectivity index (χ0v) is 22.0. The van der Waals surface area contributed by atoms with Gasteiger partial charge in [-0.1, -0.05) is 0 Å². The third-order valence-corrected chi connectivity index (χ3v) is 0. The molecule has 0 aliphatic rings. The summed E-state index contributed by atoms with van der Waals surface area (Å²) in [6.45, 7) is 3.89. The average Bonchev–Trinajstić information content (AvgIpc) is 1.76. The molecular formula is C8H15NNa4O8. The number of carboxylic acids is 4. The summed E-state index contributed by atoms with van der Waals surface area (Å²) < 4.78 is 0. The van der Waals surface area contributed by atoms with Gasteiger partial charge in [0.05, 0.1) is 0 Å². The van der Waals surface area contributed by atoms with Crippen LogP contribution in [0.2, 0.25) is 0 Å². The van der Waals surface area contributed by atoms with E-state index in [1.165, 1.54) is 0 Å². The number of hydrogen-bond acceptors (Lipinski definition) is 9. The third-order valence-electron chi connectivity index (χ3n) is 0. The number of aliphatic carboxylic acids is 4. The molecule has 3 N–H and O–H groups in total.